The maximum Gasteiger partial charge on any atom is 0.474 e. The number of carboxylic acids is 1. The van der Waals surface area contributed by atoms with Gasteiger partial charge in [0, 0.05) is 25.8 Å². The van der Waals surface area contributed by atoms with Crippen LogP contribution in [-0.4, -0.2) is 210 Å². The van der Waals surface area contributed by atoms with Crippen molar-refractivity contribution in [3.63, 3.8) is 0 Å². The van der Waals surface area contributed by atoms with Gasteiger partial charge in [0.1, 0.15) is 67.0 Å². The minimum absolute atomic E-state index is 0.132. The minimum atomic E-state index is -5.13. The van der Waals surface area contributed by atoms with Gasteiger partial charge in [-0.1, -0.05) is 271 Å². The number of aliphatic carboxylic acids is 1. The highest BCUT2D eigenvalue weighted by Crippen LogP contribution is 2.47. The Morgan fingerprint density at radius 3 is 1.37 bits per heavy atom. The van der Waals surface area contributed by atoms with E-state index >= 15 is 0 Å². The second-order valence-corrected chi connectivity index (χ2v) is 31.2. The van der Waals surface area contributed by atoms with Crippen LogP contribution in [0, 0.1) is 0 Å². The lowest BCUT2D eigenvalue weighted by molar-refractivity contribution is -0.304. The fourth-order valence-corrected chi connectivity index (χ4v) is 15.1. The summed E-state index contributed by atoms with van der Waals surface area (Å²) in [4.78, 5) is 65.6. The van der Waals surface area contributed by atoms with Crippen LogP contribution in [0.5, 0.6) is 0 Å². The predicted octanol–water partition coefficient (Wildman–Crippen LogP) is 10.3. The fourth-order valence-electron chi connectivity index (χ4n) is 14.3. The topological polar surface area (TPSA) is 423 Å². The fraction of sp³-hybridized carbons (Fsp3) is 0.947. The molecule has 1 unspecified atom stereocenters. The van der Waals surface area contributed by atoms with Crippen molar-refractivity contribution in [1.29, 1.82) is 0 Å². The zero-order chi connectivity index (χ0) is 75.7. The molecule has 26 nitrogen and oxygen atoms in total. The highest BCUT2D eigenvalue weighted by molar-refractivity contribution is 7.47. The number of carbonyl (C=O) groups is 4. The summed E-state index contributed by atoms with van der Waals surface area (Å²) in [7, 11) is -5.13. The van der Waals surface area contributed by atoms with Crippen molar-refractivity contribution >= 4 is 31.6 Å². The number of hydrogen-bond donors (Lipinski definition) is 14. The standard InChI is InChI=1S/C76H144N3O23P/c1-4-7-10-13-16-19-22-25-26-29-32-35-38-41-44-47-64(86)98-57(46-43-40-37-34-31-28-24-21-18-15-12-9-6-3)51-63(85)79-65-70(90)68(88)60(53-76(75(92)93)52-58(82)67(87)72(101-76)59(83)54-80)99-73(65)96-55-61-69(89)71(91)66(74(100-61)102-103(94,95)97-49-48-77)78-62(84)50-56(81)45-42-39-36-33-30-27-23-20-17-14-11-8-5-2/h56-61,65-74,80-83,87-91H,4-55,77H2,1-3H3,(H,78,84)(H,79,85)(H,92,93)(H,94,95)/t56-,57-,58-,59-,60-,61-,65-,66-,67-,68-,69-,70-,71-,72-,73-,74-,76+/m1/s1. The molecule has 0 aromatic carbocycles. The van der Waals surface area contributed by atoms with Gasteiger partial charge in [0.05, 0.1) is 51.0 Å². The molecule has 103 heavy (non-hydrogen) atoms. The van der Waals surface area contributed by atoms with E-state index in [9.17, 15) is 79.7 Å². The van der Waals surface area contributed by atoms with Crippen molar-refractivity contribution in [2.45, 2.75) is 432 Å². The van der Waals surface area contributed by atoms with Crippen LogP contribution in [0.25, 0.3) is 0 Å². The molecule has 2 amide bonds. The van der Waals surface area contributed by atoms with Crippen LogP contribution in [0.3, 0.4) is 0 Å². The number of aliphatic hydroxyl groups is 9. The van der Waals surface area contributed by atoms with E-state index in [2.05, 4.69) is 31.4 Å². The molecule has 0 bridgehead atoms. The van der Waals surface area contributed by atoms with Crippen LogP contribution in [0.2, 0.25) is 0 Å². The molecule has 18 atom stereocenters. The second kappa shape index (κ2) is 56.6. The van der Waals surface area contributed by atoms with Crippen molar-refractivity contribution in [3.8, 4) is 0 Å². The van der Waals surface area contributed by atoms with Gasteiger partial charge in [-0.25, -0.2) is 9.36 Å². The molecule has 0 aliphatic carbocycles. The number of nitrogens with two attached hydrogens (primary N) is 1. The molecule has 3 fully saturated rings. The third-order valence-electron chi connectivity index (χ3n) is 20.6. The molecule has 27 heteroatoms. The van der Waals surface area contributed by atoms with E-state index in [4.69, 9.17) is 38.5 Å². The first kappa shape index (κ1) is 94.6. The molecular formula is C76H144N3O23P. The van der Waals surface area contributed by atoms with Crippen molar-refractivity contribution in [2.24, 2.45) is 5.73 Å². The number of nitrogens with one attached hydrogen (secondary N) is 2. The normalized spacial score (nSPS) is 26.7. The maximum atomic E-state index is 14.4. The number of rotatable bonds is 64. The third-order valence-corrected chi connectivity index (χ3v) is 21.6. The SMILES string of the molecule is CCCCCCCCCCCCCCCCCC(=O)O[C@H](CCCCCCCCCCCCCCC)CC(=O)N[C@H]1[C@H](OC[C@H]2O[C@H](OP(=O)(O)OCCN)[C@H](NC(=O)C[C@H](O)CCCCCCCCCCCCCCC)[C@@H](O)[C@@H]2O)O[C@H](C[C@]2(C(=O)O)C[C@@H](O)[C@@H](O)[C@@H]([C@H](O)CO)O2)[C@@H](O)[C@@H]1O. The molecule has 3 aliphatic rings. The Morgan fingerprint density at radius 2 is 0.932 bits per heavy atom. The molecule has 0 saturated carbocycles. The number of phosphoric ester groups is 1. The average molecular weight is 1500 g/mol. The number of aliphatic hydroxyl groups excluding tert-OH is 9. The number of carbonyl (C=O) groups excluding carboxylic acids is 3. The number of phosphoric acid groups is 1. The largest absolute Gasteiger partial charge is 0.479 e. The van der Waals surface area contributed by atoms with Gasteiger partial charge in [0.25, 0.3) is 0 Å². The molecule has 0 aromatic heterocycles. The van der Waals surface area contributed by atoms with Gasteiger partial charge in [-0.15, -0.1) is 0 Å². The van der Waals surface area contributed by atoms with Crippen molar-refractivity contribution in [1.82, 2.24) is 10.6 Å². The Hall–Kier alpha value is -2.57. The van der Waals surface area contributed by atoms with Gasteiger partial charge in [0.15, 0.2) is 18.2 Å². The number of amides is 2. The van der Waals surface area contributed by atoms with Crippen molar-refractivity contribution in [2.75, 3.05) is 26.4 Å². The van der Waals surface area contributed by atoms with Crippen LogP contribution in [0.4, 0.5) is 0 Å². The molecule has 3 rings (SSSR count). The molecule has 3 heterocycles. The van der Waals surface area contributed by atoms with Gasteiger partial charge in [-0.05, 0) is 25.7 Å². The highest BCUT2D eigenvalue weighted by Gasteiger charge is 2.58. The van der Waals surface area contributed by atoms with E-state index in [1.807, 2.05) is 0 Å². The van der Waals surface area contributed by atoms with Gasteiger partial charge in [-0.2, -0.15) is 0 Å². The minimum Gasteiger partial charge on any atom is -0.479 e. The summed E-state index contributed by atoms with van der Waals surface area (Å²) in [6, 6.07) is -3.56. The van der Waals surface area contributed by atoms with E-state index in [1.165, 1.54) is 161 Å². The molecule has 15 N–H and O–H groups in total. The van der Waals surface area contributed by atoms with Crippen molar-refractivity contribution < 1.29 is 112 Å². The van der Waals surface area contributed by atoms with Gasteiger partial charge < -0.3 is 96.0 Å². The van der Waals surface area contributed by atoms with E-state index in [0.29, 0.717) is 25.7 Å². The number of carboxylic acid groups (broad SMARTS) is 1. The lowest BCUT2D eigenvalue weighted by Gasteiger charge is -2.49. The zero-order valence-corrected chi connectivity index (χ0v) is 64.2. The average Bonchev–Trinajstić information content (AvgIpc) is 0.742. The summed E-state index contributed by atoms with van der Waals surface area (Å²) in [5, 5.41) is 116. The Labute approximate surface area is 616 Å². The summed E-state index contributed by atoms with van der Waals surface area (Å²) in [5.74, 6) is -3.89. The van der Waals surface area contributed by atoms with Gasteiger partial charge >= 0.3 is 19.8 Å². The third kappa shape index (κ3) is 39.6. The Morgan fingerprint density at radius 1 is 0.534 bits per heavy atom. The predicted molar refractivity (Wildman–Crippen MR) is 392 cm³/mol. The second-order valence-electron chi connectivity index (χ2n) is 29.8. The molecule has 0 spiro atoms. The molecule has 0 radical (unpaired) electrons. The highest BCUT2D eigenvalue weighted by atomic mass is 31.2. The first-order valence-corrected chi connectivity index (χ1v) is 42.1. The molecule has 3 saturated heterocycles. The number of ether oxygens (including phenoxy) is 5. The van der Waals surface area contributed by atoms with E-state index in [0.717, 1.165) is 83.5 Å². The lowest BCUT2D eigenvalue weighted by Crippen LogP contribution is -2.68. The van der Waals surface area contributed by atoms with Crippen LogP contribution < -0.4 is 16.4 Å². The summed E-state index contributed by atoms with van der Waals surface area (Å²) in [6.45, 7) is 4.00. The van der Waals surface area contributed by atoms with E-state index < -0.39 is 181 Å². The quantitative estimate of drug-likeness (QED) is 0.0153. The molecule has 606 valence electrons. The monoisotopic (exact) mass is 1500 g/mol. The summed E-state index contributed by atoms with van der Waals surface area (Å²) >= 11 is 0. The molecule has 0 aromatic rings. The van der Waals surface area contributed by atoms with Gasteiger partial charge in [0.2, 0.25) is 11.8 Å². The van der Waals surface area contributed by atoms with Crippen LogP contribution in [0.1, 0.15) is 329 Å². The smallest absolute Gasteiger partial charge is 0.474 e. The number of hydrogen-bond acceptors (Lipinski definition) is 22. The van der Waals surface area contributed by atoms with Crippen molar-refractivity contribution in [3.05, 3.63) is 0 Å². The van der Waals surface area contributed by atoms with Crippen LogP contribution in [-0.2, 0) is 56.5 Å². The van der Waals surface area contributed by atoms with Gasteiger partial charge in [-0.3, -0.25) is 23.4 Å². The summed E-state index contributed by atoms with van der Waals surface area (Å²) < 4.78 is 53.7. The first-order valence-electron chi connectivity index (χ1n) is 40.6. The Bertz CT molecular complexity index is 2230. The summed E-state index contributed by atoms with van der Waals surface area (Å²) in [6.07, 6.45) is 18.8. The Balaban J connectivity index is 1.83. The number of unbranched alkanes of at least 4 members (excludes halogenated alkanes) is 38. The molecule has 3 aliphatic heterocycles. The zero-order valence-electron chi connectivity index (χ0n) is 63.4. The van der Waals surface area contributed by atoms with Crippen LogP contribution in [0.15, 0.2) is 0 Å². The van der Waals surface area contributed by atoms with Crippen LogP contribution >= 0.6 is 7.82 Å². The first-order chi connectivity index (χ1) is 49.6. The van der Waals surface area contributed by atoms with E-state index in [-0.39, 0.29) is 19.4 Å². The molecular weight excluding hydrogens is 1350 g/mol. The van der Waals surface area contributed by atoms with E-state index in [1.54, 1.807) is 0 Å². The summed E-state index contributed by atoms with van der Waals surface area (Å²) in [5.41, 5.74) is 2.94. The number of esters is 1. The maximum absolute atomic E-state index is 14.4. The Kier molecular flexibility index (Phi) is 52.0. The lowest BCUT2D eigenvalue weighted by atomic mass is 9.80.